The second-order valence-corrected chi connectivity index (χ2v) is 2.78. The van der Waals surface area contributed by atoms with Crippen LogP contribution in [0.1, 0.15) is 5.56 Å². The van der Waals surface area contributed by atoms with E-state index in [0.29, 0.717) is 0 Å². The van der Waals surface area contributed by atoms with Crippen molar-refractivity contribution in [2.75, 3.05) is 6.26 Å². The molecular formula is C9H9S. The predicted molar refractivity (Wildman–Crippen MR) is 47.7 cm³/mol. The van der Waals surface area contributed by atoms with Gasteiger partial charge < -0.3 is 0 Å². The van der Waals surface area contributed by atoms with Crippen molar-refractivity contribution >= 4 is 16.7 Å². The van der Waals surface area contributed by atoms with E-state index >= 15 is 0 Å². The van der Waals surface area contributed by atoms with Gasteiger partial charge >= 0.3 is 0 Å². The second kappa shape index (κ2) is 3.47. The van der Waals surface area contributed by atoms with Gasteiger partial charge in [-0.2, -0.15) is 0 Å². The van der Waals surface area contributed by atoms with E-state index in [1.807, 2.05) is 36.6 Å². The maximum absolute atomic E-state index is 5.67. The van der Waals surface area contributed by atoms with Gasteiger partial charge in [0.1, 0.15) is 0 Å². The van der Waals surface area contributed by atoms with Gasteiger partial charge in [-0.3, -0.25) is 0 Å². The molecule has 1 radical (unpaired) electrons. The molecule has 1 rings (SSSR count). The van der Waals surface area contributed by atoms with Gasteiger partial charge in [0.15, 0.2) is 0 Å². The van der Waals surface area contributed by atoms with E-state index in [0.717, 1.165) is 10.5 Å². The molecule has 0 amide bonds. The molecule has 1 aromatic carbocycles. The zero-order chi connectivity index (χ0) is 7.40. The highest BCUT2D eigenvalue weighted by Gasteiger charge is 1.92. The summed E-state index contributed by atoms with van der Waals surface area (Å²) in [6.45, 7) is 5.67. The highest BCUT2D eigenvalue weighted by atomic mass is 32.2. The molecule has 0 unspecified atom stereocenters. The first-order valence-corrected chi connectivity index (χ1v) is 4.29. The molecule has 0 spiro atoms. The lowest BCUT2D eigenvalue weighted by Crippen LogP contribution is -1.73. The summed E-state index contributed by atoms with van der Waals surface area (Å²) >= 11 is 1.57. The first-order valence-electron chi connectivity index (χ1n) is 3.06. The van der Waals surface area contributed by atoms with E-state index in [2.05, 4.69) is 0 Å². The lowest BCUT2D eigenvalue weighted by atomic mass is 10.2. The van der Waals surface area contributed by atoms with Crippen LogP contribution in [0, 0.1) is 6.58 Å². The molecule has 0 N–H and O–H groups in total. The maximum atomic E-state index is 5.67. The van der Waals surface area contributed by atoms with Gasteiger partial charge in [-0.1, -0.05) is 30.3 Å². The Balaban J connectivity index is 2.85. The lowest BCUT2D eigenvalue weighted by molar-refractivity contribution is 1.66. The van der Waals surface area contributed by atoms with Crippen LogP contribution in [0.4, 0.5) is 0 Å². The van der Waals surface area contributed by atoms with Gasteiger partial charge in [0.05, 0.1) is 0 Å². The Hall–Kier alpha value is -0.690. The molecule has 0 bridgehead atoms. The highest BCUT2D eigenvalue weighted by molar-refractivity contribution is 8.07. The summed E-state index contributed by atoms with van der Waals surface area (Å²) in [5.74, 6) is 0. The minimum atomic E-state index is 0.876. The fourth-order valence-corrected chi connectivity index (χ4v) is 1.09. The number of benzene rings is 1. The summed E-state index contributed by atoms with van der Waals surface area (Å²) in [5.41, 5.74) is 1.11. The van der Waals surface area contributed by atoms with Crippen molar-refractivity contribution in [3.8, 4) is 0 Å². The summed E-state index contributed by atoms with van der Waals surface area (Å²) in [7, 11) is 0. The van der Waals surface area contributed by atoms with E-state index in [1.165, 1.54) is 0 Å². The topological polar surface area (TPSA) is 0 Å². The van der Waals surface area contributed by atoms with Gasteiger partial charge in [-0.15, -0.1) is 11.8 Å². The summed E-state index contributed by atoms with van der Waals surface area (Å²) in [6, 6.07) is 9.96. The van der Waals surface area contributed by atoms with Crippen molar-refractivity contribution in [1.82, 2.24) is 0 Å². The van der Waals surface area contributed by atoms with Crippen molar-refractivity contribution in [3.63, 3.8) is 0 Å². The number of thioether (sulfide) groups is 1. The Labute approximate surface area is 66.0 Å². The Morgan fingerprint density at radius 2 is 1.90 bits per heavy atom. The molecule has 0 fully saturated rings. The molecule has 0 saturated carbocycles. The van der Waals surface area contributed by atoms with Gasteiger partial charge in [0.2, 0.25) is 0 Å². The Morgan fingerprint density at radius 3 is 2.40 bits per heavy atom. The zero-order valence-electron chi connectivity index (χ0n) is 5.87. The molecule has 0 aliphatic carbocycles. The predicted octanol–water partition coefficient (Wildman–Crippen LogP) is 2.82. The molecule has 0 saturated heterocycles. The number of rotatable bonds is 2. The molecule has 1 heteroatoms. The minimum absolute atomic E-state index is 0.876. The largest absolute Gasteiger partial charge is 0.129 e. The zero-order valence-corrected chi connectivity index (χ0v) is 6.69. The van der Waals surface area contributed by atoms with Crippen LogP contribution in [0.25, 0.3) is 4.91 Å². The third kappa shape index (κ3) is 1.64. The number of hydrogen-bond donors (Lipinski definition) is 0. The van der Waals surface area contributed by atoms with Crippen molar-refractivity contribution in [2.24, 2.45) is 0 Å². The van der Waals surface area contributed by atoms with Crippen LogP contribution >= 0.6 is 11.8 Å². The maximum Gasteiger partial charge on any atom is 0.0142 e. The first kappa shape index (κ1) is 7.42. The molecule has 0 aliphatic rings. The van der Waals surface area contributed by atoms with E-state index in [4.69, 9.17) is 6.58 Å². The second-order valence-electron chi connectivity index (χ2n) is 1.93. The van der Waals surface area contributed by atoms with Crippen molar-refractivity contribution < 1.29 is 0 Å². The summed E-state index contributed by atoms with van der Waals surface area (Å²) < 4.78 is 0. The molecular weight excluding hydrogens is 140 g/mol. The summed E-state index contributed by atoms with van der Waals surface area (Å²) in [4.78, 5) is 0.876. The van der Waals surface area contributed by atoms with Crippen LogP contribution in [-0.2, 0) is 0 Å². The normalized spacial score (nSPS) is 9.30. The molecule has 0 aromatic heterocycles. The lowest BCUT2D eigenvalue weighted by Gasteiger charge is -1.98. The van der Waals surface area contributed by atoms with Crippen LogP contribution in [0.5, 0.6) is 0 Å². The standard InChI is InChI=1S/C9H9S/c1-8(10-2)9-6-4-3-5-7-9/h1,3-7H,2H3. The average molecular weight is 149 g/mol. The third-order valence-corrected chi connectivity index (χ3v) is 1.95. The van der Waals surface area contributed by atoms with E-state index < -0.39 is 0 Å². The molecule has 0 nitrogen and oxygen atoms in total. The van der Waals surface area contributed by atoms with E-state index in [-0.39, 0.29) is 0 Å². The summed E-state index contributed by atoms with van der Waals surface area (Å²) in [6.07, 6.45) is 1.97. The molecule has 10 heavy (non-hydrogen) atoms. The van der Waals surface area contributed by atoms with Gasteiger partial charge in [0.25, 0.3) is 0 Å². The molecule has 0 atom stereocenters. The Kier molecular flexibility index (Phi) is 2.57. The highest BCUT2D eigenvalue weighted by Crippen LogP contribution is 2.21. The van der Waals surface area contributed by atoms with Crippen molar-refractivity contribution in [2.45, 2.75) is 0 Å². The molecule has 1 aromatic rings. The summed E-state index contributed by atoms with van der Waals surface area (Å²) in [5, 5.41) is 0. The minimum Gasteiger partial charge on any atom is -0.129 e. The Bertz CT molecular complexity index is 213. The first-order chi connectivity index (χ1) is 4.84. The van der Waals surface area contributed by atoms with E-state index in [1.54, 1.807) is 11.8 Å². The smallest absolute Gasteiger partial charge is 0.0142 e. The van der Waals surface area contributed by atoms with Crippen LogP contribution in [-0.4, -0.2) is 6.26 Å². The van der Waals surface area contributed by atoms with Crippen LogP contribution < -0.4 is 0 Å². The van der Waals surface area contributed by atoms with Crippen LogP contribution in [0.2, 0.25) is 0 Å². The monoisotopic (exact) mass is 149 g/mol. The average Bonchev–Trinajstić information content (AvgIpc) is 2.05. The Morgan fingerprint density at radius 1 is 1.30 bits per heavy atom. The van der Waals surface area contributed by atoms with Gasteiger partial charge in [-0.05, 0) is 18.4 Å². The van der Waals surface area contributed by atoms with Crippen molar-refractivity contribution in [3.05, 3.63) is 42.5 Å². The molecule has 0 aliphatic heterocycles. The molecule has 51 valence electrons. The van der Waals surface area contributed by atoms with Crippen molar-refractivity contribution in [1.29, 1.82) is 0 Å². The molecule has 0 heterocycles. The van der Waals surface area contributed by atoms with Gasteiger partial charge in [0, 0.05) is 4.91 Å². The van der Waals surface area contributed by atoms with Gasteiger partial charge in [-0.25, -0.2) is 0 Å². The van der Waals surface area contributed by atoms with Crippen LogP contribution in [0.15, 0.2) is 30.3 Å². The third-order valence-electron chi connectivity index (χ3n) is 1.28. The number of hydrogen-bond acceptors (Lipinski definition) is 1. The fraction of sp³-hybridized carbons (Fsp3) is 0.111. The SMILES string of the molecule is [CH]=C(SC)c1ccccc1. The fourth-order valence-electron chi connectivity index (χ4n) is 0.720. The van der Waals surface area contributed by atoms with E-state index in [9.17, 15) is 0 Å². The quantitative estimate of drug-likeness (QED) is 0.623. The van der Waals surface area contributed by atoms with Crippen LogP contribution in [0.3, 0.4) is 0 Å².